The first-order chi connectivity index (χ1) is 7.61. The van der Waals surface area contributed by atoms with Gasteiger partial charge in [0.05, 0.1) is 0 Å². The number of anilines is 2. The zero-order valence-corrected chi connectivity index (χ0v) is 10.8. The lowest BCUT2D eigenvalue weighted by Crippen LogP contribution is -2.17. The van der Waals surface area contributed by atoms with Crippen LogP contribution in [-0.4, -0.2) is 34.3 Å². The molecule has 0 fully saturated rings. The Morgan fingerprint density at radius 2 is 2.31 bits per heavy atom. The van der Waals surface area contributed by atoms with Crippen molar-refractivity contribution in [3.8, 4) is 0 Å². The lowest BCUT2D eigenvalue weighted by Gasteiger charge is -2.14. The quantitative estimate of drug-likeness (QED) is 0.796. The van der Waals surface area contributed by atoms with Crippen LogP contribution < -0.4 is 10.6 Å². The van der Waals surface area contributed by atoms with Gasteiger partial charge in [0.15, 0.2) is 0 Å². The van der Waals surface area contributed by atoms with E-state index >= 15 is 0 Å². The minimum atomic E-state index is -0.715. The number of hydrogen-bond acceptors (Lipinski definition) is 4. The Balaban J connectivity index is 2.48. The number of hydrogen-bond donors (Lipinski definition) is 2. The first kappa shape index (κ1) is 13.0. The molecular weight excluding hydrogens is 222 g/mol. The molecule has 0 aliphatic heterocycles. The second-order valence-electron chi connectivity index (χ2n) is 3.79. The Morgan fingerprint density at radius 1 is 1.56 bits per heavy atom. The Hall–Kier alpha value is -1.10. The van der Waals surface area contributed by atoms with Gasteiger partial charge in [-0.05, 0) is 19.4 Å². The Bertz CT molecular complexity index is 357. The first-order valence-corrected chi connectivity index (χ1v) is 7.05. The number of nitrogens with zero attached hydrogens (tertiary/aromatic N) is 1. The monoisotopic (exact) mass is 241 g/mol. The number of rotatable bonds is 6. The molecule has 16 heavy (non-hydrogen) atoms. The highest BCUT2D eigenvalue weighted by Gasteiger charge is 2.03. The molecule has 0 saturated carbocycles. The molecule has 2 N–H and O–H groups in total. The van der Waals surface area contributed by atoms with Gasteiger partial charge in [0.25, 0.3) is 0 Å². The van der Waals surface area contributed by atoms with E-state index in [2.05, 4.69) is 22.5 Å². The normalized spacial score (nSPS) is 14.2. The molecule has 1 rings (SSSR count). The fourth-order valence-corrected chi connectivity index (χ4v) is 2.04. The molecule has 0 saturated heterocycles. The maximum atomic E-state index is 11.0. The van der Waals surface area contributed by atoms with Crippen LogP contribution in [0.15, 0.2) is 18.3 Å². The molecular formula is C11H19N3OS. The Labute approximate surface area is 99.3 Å². The molecule has 0 spiro atoms. The maximum absolute atomic E-state index is 11.0. The predicted molar refractivity (Wildman–Crippen MR) is 70.4 cm³/mol. The van der Waals surface area contributed by atoms with E-state index in [1.54, 1.807) is 12.5 Å². The van der Waals surface area contributed by atoms with E-state index in [0.717, 1.165) is 23.7 Å². The fraction of sp³-hybridized carbons (Fsp3) is 0.545. The van der Waals surface area contributed by atoms with Crippen molar-refractivity contribution in [3.05, 3.63) is 18.3 Å². The van der Waals surface area contributed by atoms with Crippen molar-refractivity contribution in [2.45, 2.75) is 19.4 Å². The zero-order valence-electron chi connectivity index (χ0n) is 9.99. The van der Waals surface area contributed by atoms with Crippen molar-refractivity contribution in [2.24, 2.45) is 0 Å². The molecule has 1 aromatic rings. The van der Waals surface area contributed by atoms with Gasteiger partial charge in [-0.25, -0.2) is 4.98 Å². The van der Waals surface area contributed by atoms with E-state index in [1.807, 2.05) is 19.2 Å². The highest BCUT2D eigenvalue weighted by molar-refractivity contribution is 7.84. The molecule has 2 atom stereocenters. The summed E-state index contributed by atoms with van der Waals surface area (Å²) in [7, 11) is 1.13. The summed E-state index contributed by atoms with van der Waals surface area (Å²) >= 11 is 0. The van der Waals surface area contributed by atoms with Crippen LogP contribution >= 0.6 is 0 Å². The van der Waals surface area contributed by atoms with Crippen LogP contribution in [-0.2, 0) is 10.8 Å². The summed E-state index contributed by atoms with van der Waals surface area (Å²) in [5.74, 6) is 1.58. The molecule has 0 aliphatic rings. The van der Waals surface area contributed by atoms with E-state index in [9.17, 15) is 4.21 Å². The molecule has 1 aromatic heterocycles. The summed E-state index contributed by atoms with van der Waals surface area (Å²) in [6, 6.07) is 4.20. The van der Waals surface area contributed by atoms with Gasteiger partial charge in [-0.2, -0.15) is 0 Å². The molecule has 4 nitrogen and oxygen atoms in total. The summed E-state index contributed by atoms with van der Waals surface area (Å²) in [4.78, 5) is 4.14. The zero-order chi connectivity index (χ0) is 12.0. The van der Waals surface area contributed by atoms with Gasteiger partial charge < -0.3 is 10.6 Å². The molecule has 90 valence electrons. The SMILES string of the molecule is CNc1cc(NC(C)CCS(C)=O)ccn1. The van der Waals surface area contributed by atoms with Crippen molar-refractivity contribution in [1.82, 2.24) is 4.98 Å². The molecule has 0 bridgehead atoms. The van der Waals surface area contributed by atoms with E-state index in [-0.39, 0.29) is 0 Å². The summed E-state index contributed by atoms with van der Waals surface area (Å²) in [5.41, 5.74) is 1.04. The van der Waals surface area contributed by atoms with Crippen LogP contribution in [0.4, 0.5) is 11.5 Å². The maximum Gasteiger partial charge on any atom is 0.127 e. The second-order valence-corrected chi connectivity index (χ2v) is 5.35. The molecule has 5 heteroatoms. The summed E-state index contributed by atoms with van der Waals surface area (Å²) in [6.07, 6.45) is 4.40. The highest BCUT2D eigenvalue weighted by atomic mass is 32.2. The highest BCUT2D eigenvalue weighted by Crippen LogP contribution is 2.13. The van der Waals surface area contributed by atoms with Crippen LogP contribution in [0.2, 0.25) is 0 Å². The predicted octanol–water partition coefficient (Wildman–Crippen LogP) is 1.69. The van der Waals surface area contributed by atoms with Gasteiger partial charge in [-0.1, -0.05) is 0 Å². The van der Waals surface area contributed by atoms with Crippen LogP contribution in [0.1, 0.15) is 13.3 Å². The summed E-state index contributed by atoms with van der Waals surface area (Å²) in [5, 5.41) is 6.35. The van der Waals surface area contributed by atoms with E-state index < -0.39 is 10.8 Å². The van der Waals surface area contributed by atoms with Gasteiger partial charge in [0, 0.05) is 53.8 Å². The third-order valence-corrected chi connectivity index (χ3v) is 3.08. The Kier molecular flexibility index (Phi) is 5.25. The first-order valence-electron chi connectivity index (χ1n) is 5.32. The van der Waals surface area contributed by atoms with Crippen LogP contribution in [0.5, 0.6) is 0 Å². The topological polar surface area (TPSA) is 54.0 Å². The van der Waals surface area contributed by atoms with Gasteiger partial charge in [0.2, 0.25) is 0 Å². The minimum absolute atomic E-state index is 0.316. The lowest BCUT2D eigenvalue weighted by atomic mass is 10.2. The van der Waals surface area contributed by atoms with Gasteiger partial charge >= 0.3 is 0 Å². The molecule has 2 unspecified atom stereocenters. The van der Waals surface area contributed by atoms with Crippen molar-refractivity contribution < 1.29 is 4.21 Å². The summed E-state index contributed by atoms with van der Waals surface area (Å²) in [6.45, 7) is 2.09. The third-order valence-electron chi connectivity index (χ3n) is 2.27. The van der Waals surface area contributed by atoms with Crippen molar-refractivity contribution >= 4 is 22.3 Å². The molecule has 0 radical (unpaired) electrons. The van der Waals surface area contributed by atoms with Gasteiger partial charge in [-0.3, -0.25) is 4.21 Å². The van der Waals surface area contributed by atoms with Crippen molar-refractivity contribution in [2.75, 3.05) is 29.7 Å². The van der Waals surface area contributed by atoms with E-state index in [1.165, 1.54) is 0 Å². The van der Waals surface area contributed by atoms with E-state index in [0.29, 0.717) is 6.04 Å². The van der Waals surface area contributed by atoms with Gasteiger partial charge in [-0.15, -0.1) is 0 Å². The van der Waals surface area contributed by atoms with Gasteiger partial charge in [0.1, 0.15) is 5.82 Å². The molecule has 1 heterocycles. The number of nitrogens with one attached hydrogen (secondary N) is 2. The second kappa shape index (κ2) is 6.48. The summed E-state index contributed by atoms with van der Waals surface area (Å²) < 4.78 is 11.0. The average molecular weight is 241 g/mol. The largest absolute Gasteiger partial charge is 0.382 e. The molecule has 0 aromatic carbocycles. The van der Waals surface area contributed by atoms with Crippen molar-refractivity contribution in [1.29, 1.82) is 0 Å². The molecule has 0 aliphatic carbocycles. The van der Waals surface area contributed by atoms with E-state index in [4.69, 9.17) is 0 Å². The van der Waals surface area contributed by atoms with Crippen LogP contribution in [0.25, 0.3) is 0 Å². The number of pyridine rings is 1. The third kappa shape index (κ3) is 4.61. The fourth-order valence-electron chi connectivity index (χ4n) is 1.36. The average Bonchev–Trinajstić information content (AvgIpc) is 2.26. The molecule has 0 amide bonds. The standard InChI is InChI=1S/C11H19N3OS/c1-9(5-7-16(3)15)14-10-4-6-13-11(8-10)12-2/h4,6,8-9H,5,7H2,1-3H3,(H2,12,13,14). The minimum Gasteiger partial charge on any atom is -0.382 e. The lowest BCUT2D eigenvalue weighted by molar-refractivity contribution is 0.678. The van der Waals surface area contributed by atoms with Crippen molar-refractivity contribution in [3.63, 3.8) is 0 Å². The van der Waals surface area contributed by atoms with Crippen LogP contribution in [0.3, 0.4) is 0 Å². The van der Waals surface area contributed by atoms with Crippen LogP contribution in [0, 0.1) is 0 Å². The Morgan fingerprint density at radius 3 is 2.94 bits per heavy atom. The number of aromatic nitrogens is 1. The smallest absolute Gasteiger partial charge is 0.127 e.